The molecule has 0 aliphatic carbocycles. The normalized spacial score (nSPS) is 28.6. The summed E-state index contributed by atoms with van der Waals surface area (Å²) in [6.07, 6.45) is 3.35. The molecule has 1 aliphatic heterocycles. The van der Waals surface area contributed by atoms with Crippen molar-refractivity contribution in [3.8, 4) is 0 Å². The number of nitrogens with one attached hydrogen (secondary N) is 1. The third kappa shape index (κ3) is 6.24. The van der Waals surface area contributed by atoms with E-state index in [0.29, 0.717) is 5.41 Å². The molecule has 0 aromatic heterocycles. The standard InChI is InChI=1S/C16H34N2O/c1-7-8-15(5,11-17-14(2,3)4)12-18-10-9-16(6,19)13-18/h17,19H,7-13H2,1-6H3. The second-order valence-corrected chi connectivity index (χ2v) is 8.12. The monoisotopic (exact) mass is 270 g/mol. The molecule has 1 saturated heterocycles. The summed E-state index contributed by atoms with van der Waals surface area (Å²) in [5, 5.41) is 13.7. The molecule has 0 aromatic rings. The van der Waals surface area contributed by atoms with Crippen LogP contribution in [0, 0.1) is 5.41 Å². The van der Waals surface area contributed by atoms with Crippen molar-refractivity contribution in [3.05, 3.63) is 0 Å². The van der Waals surface area contributed by atoms with Crippen molar-refractivity contribution in [2.75, 3.05) is 26.2 Å². The molecule has 2 unspecified atom stereocenters. The maximum Gasteiger partial charge on any atom is 0.0758 e. The van der Waals surface area contributed by atoms with Gasteiger partial charge in [-0.25, -0.2) is 0 Å². The molecule has 1 fully saturated rings. The SMILES string of the molecule is CCCC(C)(CNC(C)(C)C)CN1CCC(C)(O)C1. The van der Waals surface area contributed by atoms with Crippen LogP contribution in [0.15, 0.2) is 0 Å². The van der Waals surface area contributed by atoms with Crippen LogP contribution in [0.2, 0.25) is 0 Å². The highest BCUT2D eigenvalue weighted by Gasteiger charge is 2.35. The molecule has 1 heterocycles. The molecule has 1 rings (SSSR count). The van der Waals surface area contributed by atoms with Crippen molar-refractivity contribution < 1.29 is 5.11 Å². The fourth-order valence-corrected chi connectivity index (χ4v) is 3.02. The zero-order valence-electron chi connectivity index (χ0n) is 13.8. The van der Waals surface area contributed by atoms with Gasteiger partial charge in [-0.3, -0.25) is 4.90 Å². The molecule has 0 spiro atoms. The summed E-state index contributed by atoms with van der Waals surface area (Å²) in [5.41, 5.74) is -0.0153. The Kier molecular flexibility index (Phi) is 5.44. The van der Waals surface area contributed by atoms with Gasteiger partial charge in [0.15, 0.2) is 0 Å². The lowest BCUT2D eigenvalue weighted by molar-refractivity contribution is 0.0602. The van der Waals surface area contributed by atoms with E-state index in [1.807, 2.05) is 6.92 Å². The van der Waals surface area contributed by atoms with Gasteiger partial charge in [-0.15, -0.1) is 0 Å². The van der Waals surface area contributed by atoms with Gasteiger partial charge in [-0.05, 0) is 46.0 Å². The van der Waals surface area contributed by atoms with Gasteiger partial charge >= 0.3 is 0 Å². The lowest BCUT2D eigenvalue weighted by Gasteiger charge is -2.37. The molecule has 1 aliphatic rings. The lowest BCUT2D eigenvalue weighted by Crippen LogP contribution is -2.47. The molecule has 2 N–H and O–H groups in total. The molecule has 0 saturated carbocycles. The van der Waals surface area contributed by atoms with E-state index in [1.54, 1.807) is 0 Å². The minimum Gasteiger partial charge on any atom is -0.389 e. The van der Waals surface area contributed by atoms with E-state index in [9.17, 15) is 5.11 Å². The second kappa shape index (κ2) is 6.11. The van der Waals surface area contributed by atoms with Crippen molar-refractivity contribution in [3.63, 3.8) is 0 Å². The zero-order valence-corrected chi connectivity index (χ0v) is 13.8. The average molecular weight is 270 g/mol. The minimum atomic E-state index is -0.482. The summed E-state index contributed by atoms with van der Waals surface area (Å²) in [7, 11) is 0. The quantitative estimate of drug-likeness (QED) is 0.779. The first kappa shape index (κ1) is 16.9. The van der Waals surface area contributed by atoms with Gasteiger partial charge in [0.2, 0.25) is 0 Å². The molecule has 114 valence electrons. The highest BCUT2D eigenvalue weighted by Crippen LogP contribution is 2.29. The van der Waals surface area contributed by atoms with Gasteiger partial charge in [-0.2, -0.15) is 0 Å². The van der Waals surface area contributed by atoms with E-state index in [-0.39, 0.29) is 5.54 Å². The van der Waals surface area contributed by atoms with Crippen LogP contribution in [0.25, 0.3) is 0 Å². The Morgan fingerprint density at radius 1 is 1.26 bits per heavy atom. The molecule has 0 amide bonds. The number of rotatable bonds is 6. The summed E-state index contributed by atoms with van der Waals surface area (Å²) < 4.78 is 0. The third-order valence-corrected chi connectivity index (χ3v) is 4.04. The van der Waals surface area contributed by atoms with Crippen molar-refractivity contribution in [2.24, 2.45) is 5.41 Å². The van der Waals surface area contributed by atoms with Gasteiger partial charge in [0.25, 0.3) is 0 Å². The van der Waals surface area contributed by atoms with Crippen molar-refractivity contribution >= 4 is 0 Å². The van der Waals surface area contributed by atoms with Crippen LogP contribution in [0.3, 0.4) is 0 Å². The summed E-state index contributed by atoms with van der Waals surface area (Å²) in [6.45, 7) is 17.2. The van der Waals surface area contributed by atoms with Crippen LogP contribution in [0.4, 0.5) is 0 Å². The summed E-state index contributed by atoms with van der Waals surface area (Å²) in [4.78, 5) is 2.43. The van der Waals surface area contributed by atoms with Gasteiger partial charge < -0.3 is 10.4 Å². The summed E-state index contributed by atoms with van der Waals surface area (Å²) >= 11 is 0. The van der Waals surface area contributed by atoms with E-state index in [4.69, 9.17) is 0 Å². The first-order valence-electron chi connectivity index (χ1n) is 7.75. The zero-order chi connectivity index (χ0) is 14.7. The first-order chi connectivity index (χ1) is 8.55. The Bertz CT molecular complexity index is 283. The number of likely N-dealkylation sites (tertiary alicyclic amines) is 1. The first-order valence-corrected chi connectivity index (χ1v) is 7.75. The maximum atomic E-state index is 10.1. The second-order valence-electron chi connectivity index (χ2n) is 8.12. The molecular weight excluding hydrogens is 236 g/mol. The van der Waals surface area contributed by atoms with Gasteiger partial charge in [0.05, 0.1) is 5.60 Å². The van der Waals surface area contributed by atoms with Gasteiger partial charge in [0, 0.05) is 31.7 Å². The Morgan fingerprint density at radius 2 is 1.89 bits per heavy atom. The van der Waals surface area contributed by atoms with Crippen LogP contribution in [-0.4, -0.2) is 47.3 Å². The number of β-amino-alcohol motifs (C(OH)–C–C–N with tert-alkyl or cyclic N) is 1. The summed E-state index contributed by atoms with van der Waals surface area (Å²) in [5.74, 6) is 0. The third-order valence-electron chi connectivity index (χ3n) is 4.04. The lowest BCUT2D eigenvalue weighted by atomic mass is 9.84. The van der Waals surface area contributed by atoms with E-state index >= 15 is 0 Å². The highest BCUT2D eigenvalue weighted by atomic mass is 16.3. The van der Waals surface area contributed by atoms with E-state index in [0.717, 1.165) is 32.6 Å². The van der Waals surface area contributed by atoms with E-state index < -0.39 is 5.60 Å². The van der Waals surface area contributed by atoms with Crippen molar-refractivity contribution in [1.29, 1.82) is 0 Å². The van der Waals surface area contributed by atoms with Crippen LogP contribution in [0.5, 0.6) is 0 Å². The predicted octanol–water partition coefficient (Wildman–Crippen LogP) is 2.64. The Balaban J connectivity index is 2.56. The Labute approximate surface area is 119 Å². The van der Waals surface area contributed by atoms with Crippen molar-refractivity contribution in [2.45, 2.75) is 71.9 Å². The fourth-order valence-electron chi connectivity index (χ4n) is 3.02. The van der Waals surface area contributed by atoms with Crippen molar-refractivity contribution in [1.82, 2.24) is 10.2 Å². The topological polar surface area (TPSA) is 35.5 Å². The minimum absolute atomic E-state index is 0.172. The molecule has 0 bridgehead atoms. The number of aliphatic hydroxyl groups is 1. The molecule has 19 heavy (non-hydrogen) atoms. The van der Waals surface area contributed by atoms with Crippen LogP contribution in [0.1, 0.15) is 60.8 Å². The van der Waals surface area contributed by atoms with E-state index in [2.05, 4.69) is 44.8 Å². The molecule has 0 aromatic carbocycles. The number of nitrogens with zero attached hydrogens (tertiary/aromatic N) is 1. The van der Waals surface area contributed by atoms with Crippen LogP contribution in [-0.2, 0) is 0 Å². The Hall–Kier alpha value is -0.120. The molecule has 3 heteroatoms. The average Bonchev–Trinajstić information content (AvgIpc) is 2.54. The summed E-state index contributed by atoms with van der Waals surface area (Å²) in [6, 6.07) is 0. The fraction of sp³-hybridized carbons (Fsp3) is 1.00. The van der Waals surface area contributed by atoms with E-state index in [1.165, 1.54) is 12.8 Å². The van der Waals surface area contributed by atoms with Crippen LogP contribution < -0.4 is 5.32 Å². The maximum absolute atomic E-state index is 10.1. The van der Waals surface area contributed by atoms with Gasteiger partial charge in [-0.1, -0.05) is 20.3 Å². The number of hydrogen-bond donors (Lipinski definition) is 2. The van der Waals surface area contributed by atoms with Gasteiger partial charge in [0.1, 0.15) is 0 Å². The molecule has 0 radical (unpaired) electrons. The molecule has 2 atom stereocenters. The van der Waals surface area contributed by atoms with Crippen LogP contribution >= 0.6 is 0 Å². The smallest absolute Gasteiger partial charge is 0.0758 e. The molecular formula is C16H34N2O. The Morgan fingerprint density at radius 3 is 2.32 bits per heavy atom. The largest absolute Gasteiger partial charge is 0.389 e. The number of hydrogen-bond acceptors (Lipinski definition) is 3. The predicted molar refractivity (Wildman–Crippen MR) is 82.5 cm³/mol. The molecule has 3 nitrogen and oxygen atoms in total. The highest BCUT2D eigenvalue weighted by molar-refractivity contribution is 4.91.